The van der Waals surface area contributed by atoms with E-state index in [0.29, 0.717) is 24.6 Å². The first-order valence-corrected chi connectivity index (χ1v) is 8.79. The Morgan fingerprint density at radius 3 is 2.67 bits per heavy atom. The number of nitrogens with one attached hydrogen (secondary N) is 1. The molecule has 2 aromatic carbocycles. The number of amides is 1. The molecule has 0 saturated heterocycles. The lowest BCUT2D eigenvalue weighted by atomic mass is 10.2. The van der Waals surface area contributed by atoms with Crippen molar-refractivity contribution in [2.45, 2.75) is 17.7 Å². The topological polar surface area (TPSA) is 68.0 Å². The minimum atomic E-state index is -0.0732. The smallest absolute Gasteiger partial charge is 0.227 e. The first kappa shape index (κ1) is 16.3. The van der Waals surface area contributed by atoms with Gasteiger partial charge in [-0.05, 0) is 18.4 Å². The molecule has 0 unspecified atom stereocenters. The third kappa shape index (κ3) is 4.02. The molecule has 3 rings (SSSR count). The SMILES string of the molecule is CSc1ccccc1NC(=O)CCc1nc(-c2ccccc2)no1. The Kier molecular flexibility index (Phi) is 5.28. The molecule has 3 aromatic rings. The Labute approximate surface area is 144 Å². The van der Waals surface area contributed by atoms with Crippen molar-refractivity contribution in [3.8, 4) is 11.4 Å². The van der Waals surface area contributed by atoms with E-state index in [1.807, 2.05) is 60.9 Å². The van der Waals surface area contributed by atoms with Crippen LogP contribution in [0.4, 0.5) is 5.69 Å². The van der Waals surface area contributed by atoms with Crippen LogP contribution in [0.15, 0.2) is 64.0 Å². The minimum absolute atomic E-state index is 0.0732. The van der Waals surface area contributed by atoms with Crippen molar-refractivity contribution in [3.63, 3.8) is 0 Å². The summed E-state index contributed by atoms with van der Waals surface area (Å²) in [6.07, 6.45) is 2.68. The number of carbonyl (C=O) groups excluding carboxylic acids is 1. The second-order valence-electron chi connectivity index (χ2n) is 5.13. The molecule has 0 radical (unpaired) electrons. The van der Waals surface area contributed by atoms with E-state index in [4.69, 9.17) is 4.52 Å². The van der Waals surface area contributed by atoms with E-state index >= 15 is 0 Å². The fourth-order valence-corrected chi connectivity index (χ4v) is 2.80. The second kappa shape index (κ2) is 7.79. The molecule has 1 heterocycles. The maximum atomic E-state index is 12.1. The zero-order chi connectivity index (χ0) is 16.8. The van der Waals surface area contributed by atoms with E-state index in [2.05, 4.69) is 15.5 Å². The number of thioether (sulfide) groups is 1. The lowest BCUT2D eigenvalue weighted by Gasteiger charge is -2.08. The Morgan fingerprint density at radius 2 is 1.88 bits per heavy atom. The molecule has 24 heavy (non-hydrogen) atoms. The molecule has 0 aliphatic rings. The summed E-state index contributed by atoms with van der Waals surface area (Å²) in [5.74, 6) is 0.928. The van der Waals surface area contributed by atoms with Crippen molar-refractivity contribution in [1.29, 1.82) is 0 Å². The van der Waals surface area contributed by atoms with E-state index in [1.54, 1.807) is 11.8 Å². The van der Waals surface area contributed by atoms with Gasteiger partial charge in [0.2, 0.25) is 17.6 Å². The number of hydrogen-bond donors (Lipinski definition) is 1. The van der Waals surface area contributed by atoms with Crippen LogP contribution in [0.25, 0.3) is 11.4 Å². The Bertz CT molecular complexity index is 818. The summed E-state index contributed by atoms with van der Waals surface area (Å²) in [6.45, 7) is 0. The molecular formula is C18H17N3O2S. The van der Waals surface area contributed by atoms with Gasteiger partial charge in [-0.2, -0.15) is 4.98 Å². The number of carbonyl (C=O) groups is 1. The molecule has 0 aliphatic carbocycles. The van der Waals surface area contributed by atoms with Gasteiger partial charge in [-0.1, -0.05) is 47.6 Å². The van der Waals surface area contributed by atoms with E-state index in [9.17, 15) is 4.79 Å². The van der Waals surface area contributed by atoms with E-state index in [1.165, 1.54) is 0 Å². The summed E-state index contributed by atoms with van der Waals surface area (Å²) in [5, 5.41) is 6.88. The number of benzene rings is 2. The number of hydrogen-bond acceptors (Lipinski definition) is 5. The highest BCUT2D eigenvalue weighted by Gasteiger charge is 2.11. The van der Waals surface area contributed by atoms with Gasteiger partial charge < -0.3 is 9.84 Å². The molecule has 0 saturated carbocycles. The molecular weight excluding hydrogens is 322 g/mol. The predicted molar refractivity (Wildman–Crippen MR) is 94.9 cm³/mol. The fraction of sp³-hybridized carbons (Fsp3) is 0.167. The largest absolute Gasteiger partial charge is 0.339 e. The number of nitrogens with zero attached hydrogens (tertiary/aromatic N) is 2. The van der Waals surface area contributed by atoms with Crippen LogP contribution in [0, 0.1) is 0 Å². The highest BCUT2D eigenvalue weighted by Crippen LogP contribution is 2.24. The Morgan fingerprint density at radius 1 is 1.12 bits per heavy atom. The predicted octanol–water partition coefficient (Wildman–Crippen LogP) is 4.03. The summed E-state index contributed by atoms with van der Waals surface area (Å²) in [6, 6.07) is 17.3. The van der Waals surface area contributed by atoms with Crippen LogP contribution >= 0.6 is 11.8 Å². The molecule has 1 N–H and O–H groups in total. The molecule has 122 valence electrons. The summed E-state index contributed by atoms with van der Waals surface area (Å²) < 4.78 is 5.22. The van der Waals surface area contributed by atoms with E-state index in [-0.39, 0.29) is 5.91 Å². The lowest BCUT2D eigenvalue weighted by molar-refractivity contribution is -0.116. The van der Waals surface area contributed by atoms with Gasteiger partial charge >= 0.3 is 0 Å². The zero-order valence-electron chi connectivity index (χ0n) is 13.2. The molecule has 0 bridgehead atoms. The van der Waals surface area contributed by atoms with Crippen molar-refractivity contribution in [3.05, 3.63) is 60.5 Å². The first-order chi connectivity index (χ1) is 11.8. The number of para-hydroxylation sites is 1. The van der Waals surface area contributed by atoms with Gasteiger partial charge in [-0.25, -0.2) is 0 Å². The Balaban J connectivity index is 1.58. The molecule has 1 aromatic heterocycles. The van der Waals surface area contributed by atoms with Crippen molar-refractivity contribution in [2.24, 2.45) is 0 Å². The summed E-state index contributed by atoms with van der Waals surface area (Å²) in [7, 11) is 0. The quantitative estimate of drug-likeness (QED) is 0.687. The van der Waals surface area contributed by atoms with Crippen LogP contribution in [-0.2, 0) is 11.2 Å². The second-order valence-corrected chi connectivity index (χ2v) is 5.97. The van der Waals surface area contributed by atoms with Gasteiger partial charge in [0, 0.05) is 23.3 Å². The Hall–Kier alpha value is -2.60. The molecule has 5 nitrogen and oxygen atoms in total. The maximum Gasteiger partial charge on any atom is 0.227 e. The average molecular weight is 339 g/mol. The summed E-state index contributed by atoms with van der Waals surface area (Å²) in [5.41, 5.74) is 1.72. The molecule has 0 aliphatic heterocycles. The highest BCUT2D eigenvalue weighted by atomic mass is 32.2. The average Bonchev–Trinajstić information content (AvgIpc) is 3.10. The fourth-order valence-electron chi connectivity index (χ4n) is 2.24. The van der Waals surface area contributed by atoms with Crippen LogP contribution < -0.4 is 5.32 Å². The highest BCUT2D eigenvalue weighted by molar-refractivity contribution is 7.98. The third-order valence-electron chi connectivity index (χ3n) is 3.45. The molecule has 1 amide bonds. The number of aromatic nitrogens is 2. The van der Waals surface area contributed by atoms with Crippen LogP contribution in [0.1, 0.15) is 12.3 Å². The number of anilines is 1. The maximum absolute atomic E-state index is 12.1. The van der Waals surface area contributed by atoms with Gasteiger partial charge in [0.05, 0.1) is 5.69 Å². The first-order valence-electron chi connectivity index (χ1n) is 7.57. The van der Waals surface area contributed by atoms with Crippen LogP contribution in [0.2, 0.25) is 0 Å². The van der Waals surface area contributed by atoms with E-state index in [0.717, 1.165) is 16.1 Å². The summed E-state index contributed by atoms with van der Waals surface area (Å²) in [4.78, 5) is 17.5. The van der Waals surface area contributed by atoms with Gasteiger partial charge in [0.25, 0.3) is 0 Å². The monoisotopic (exact) mass is 339 g/mol. The van der Waals surface area contributed by atoms with Crippen LogP contribution in [0.5, 0.6) is 0 Å². The van der Waals surface area contributed by atoms with Crippen molar-refractivity contribution in [1.82, 2.24) is 10.1 Å². The van der Waals surface area contributed by atoms with E-state index < -0.39 is 0 Å². The van der Waals surface area contributed by atoms with Gasteiger partial charge in [-0.15, -0.1) is 11.8 Å². The standard InChI is InChI=1S/C18H17N3O2S/c1-24-15-10-6-5-9-14(15)19-16(22)11-12-17-20-18(21-23-17)13-7-3-2-4-8-13/h2-10H,11-12H2,1H3,(H,19,22). The molecule has 0 fully saturated rings. The number of rotatable bonds is 6. The minimum Gasteiger partial charge on any atom is -0.339 e. The van der Waals surface area contributed by atoms with Gasteiger partial charge in [0.15, 0.2) is 0 Å². The molecule has 0 spiro atoms. The van der Waals surface area contributed by atoms with Gasteiger partial charge in [-0.3, -0.25) is 4.79 Å². The normalized spacial score (nSPS) is 10.5. The molecule has 0 atom stereocenters. The number of aryl methyl sites for hydroxylation is 1. The van der Waals surface area contributed by atoms with Crippen molar-refractivity contribution >= 4 is 23.4 Å². The van der Waals surface area contributed by atoms with Crippen molar-refractivity contribution in [2.75, 3.05) is 11.6 Å². The van der Waals surface area contributed by atoms with Crippen molar-refractivity contribution < 1.29 is 9.32 Å². The van der Waals surface area contributed by atoms with Crippen LogP contribution in [0.3, 0.4) is 0 Å². The third-order valence-corrected chi connectivity index (χ3v) is 4.24. The van der Waals surface area contributed by atoms with Crippen LogP contribution in [-0.4, -0.2) is 22.3 Å². The van der Waals surface area contributed by atoms with Gasteiger partial charge in [0.1, 0.15) is 0 Å². The summed E-state index contributed by atoms with van der Waals surface area (Å²) >= 11 is 1.60. The zero-order valence-corrected chi connectivity index (χ0v) is 14.0. The molecule has 6 heteroatoms. The lowest BCUT2D eigenvalue weighted by Crippen LogP contribution is -2.13.